The van der Waals surface area contributed by atoms with Gasteiger partial charge in [-0.3, -0.25) is 14.2 Å². The lowest BCUT2D eigenvalue weighted by molar-refractivity contribution is -0.121. The first-order chi connectivity index (χ1) is 8.58. The molecule has 0 atom stereocenters. The molecule has 0 saturated heterocycles. The van der Waals surface area contributed by atoms with Crippen molar-refractivity contribution in [2.75, 3.05) is 20.3 Å². The fourth-order valence-corrected chi connectivity index (χ4v) is 1.64. The van der Waals surface area contributed by atoms with Gasteiger partial charge in [-0.25, -0.2) is 4.98 Å². The highest BCUT2D eigenvalue weighted by molar-refractivity contribution is 6.29. The lowest BCUT2D eigenvalue weighted by Gasteiger charge is -2.10. The van der Waals surface area contributed by atoms with E-state index in [2.05, 4.69) is 10.3 Å². The van der Waals surface area contributed by atoms with Crippen molar-refractivity contribution in [3.63, 3.8) is 0 Å². The van der Waals surface area contributed by atoms with Crippen LogP contribution in [0.15, 0.2) is 10.9 Å². The summed E-state index contributed by atoms with van der Waals surface area (Å²) in [5.41, 5.74) is -0.325. The summed E-state index contributed by atoms with van der Waals surface area (Å²) >= 11 is 5.70. The van der Waals surface area contributed by atoms with Crippen LogP contribution in [-0.2, 0) is 22.5 Å². The Morgan fingerprint density at radius 2 is 2.33 bits per heavy atom. The van der Waals surface area contributed by atoms with Gasteiger partial charge in [0.05, 0.1) is 6.61 Å². The van der Waals surface area contributed by atoms with Crippen molar-refractivity contribution in [3.05, 3.63) is 27.4 Å². The summed E-state index contributed by atoms with van der Waals surface area (Å²) in [5, 5.41) is 2.79. The zero-order chi connectivity index (χ0) is 13.5. The van der Waals surface area contributed by atoms with E-state index in [0.717, 1.165) is 0 Å². The Bertz CT molecular complexity index is 473. The second kappa shape index (κ2) is 7.13. The molecular weight excluding hydrogens is 258 g/mol. The smallest absolute Gasteiger partial charge is 0.255 e. The fourth-order valence-electron chi connectivity index (χ4n) is 1.45. The van der Waals surface area contributed by atoms with Crippen molar-refractivity contribution in [2.45, 2.75) is 19.9 Å². The van der Waals surface area contributed by atoms with E-state index in [9.17, 15) is 9.59 Å². The van der Waals surface area contributed by atoms with Crippen LogP contribution in [0.25, 0.3) is 0 Å². The molecule has 0 fully saturated rings. The molecule has 0 aliphatic rings. The third-order valence-electron chi connectivity index (χ3n) is 2.30. The molecule has 6 nitrogen and oxygen atoms in total. The number of aryl methyl sites for hydroxylation is 1. The molecule has 0 aliphatic heterocycles. The van der Waals surface area contributed by atoms with Gasteiger partial charge in [0.15, 0.2) is 0 Å². The fraction of sp³-hybridized carbons (Fsp3) is 0.545. The van der Waals surface area contributed by atoms with Gasteiger partial charge in [0.1, 0.15) is 17.5 Å². The predicted octanol–water partition coefficient (Wildman–Crippen LogP) is 0.222. The topological polar surface area (TPSA) is 73.2 Å². The van der Waals surface area contributed by atoms with Gasteiger partial charge in [0.25, 0.3) is 5.56 Å². The van der Waals surface area contributed by atoms with E-state index in [4.69, 9.17) is 16.3 Å². The van der Waals surface area contributed by atoms with Crippen LogP contribution in [0.2, 0.25) is 5.15 Å². The van der Waals surface area contributed by atoms with E-state index >= 15 is 0 Å². The van der Waals surface area contributed by atoms with Gasteiger partial charge in [0, 0.05) is 26.1 Å². The zero-order valence-corrected chi connectivity index (χ0v) is 11.2. The van der Waals surface area contributed by atoms with Gasteiger partial charge in [-0.15, -0.1) is 0 Å². The Balaban J connectivity index is 2.77. The third kappa shape index (κ3) is 4.12. The van der Waals surface area contributed by atoms with Crippen molar-refractivity contribution in [2.24, 2.45) is 0 Å². The maximum Gasteiger partial charge on any atom is 0.255 e. The van der Waals surface area contributed by atoms with E-state index in [-0.39, 0.29) is 23.2 Å². The molecule has 0 unspecified atom stereocenters. The SMILES string of the molecule is CCc1nc(Cl)cc(=O)n1CC(=O)NCCOC. The van der Waals surface area contributed by atoms with Gasteiger partial charge >= 0.3 is 0 Å². The second-order valence-corrected chi connectivity index (χ2v) is 4.00. The van der Waals surface area contributed by atoms with Crippen LogP contribution in [-0.4, -0.2) is 35.7 Å². The van der Waals surface area contributed by atoms with E-state index in [1.54, 1.807) is 7.11 Å². The molecule has 1 aromatic rings. The number of rotatable bonds is 6. The summed E-state index contributed by atoms with van der Waals surface area (Å²) in [6.45, 7) is 2.63. The molecule has 1 N–H and O–H groups in total. The highest BCUT2D eigenvalue weighted by atomic mass is 35.5. The van der Waals surface area contributed by atoms with Crippen molar-refractivity contribution < 1.29 is 9.53 Å². The van der Waals surface area contributed by atoms with E-state index in [1.807, 2.05) is 6.92 Å². The molecule has 7 heteroatoms. The number of ether oxygens (including phenoxy) is 1. The van der Waals surface area contributed by atoms with Crippen LogP contribution in [0, 0.1) is 0 Å². The van der Waals surface area contributed by atoms with E-state index in [1.165, 1.54) is 10.6 Å². The molecule has 100 valence electrons. The third-order valence-corrected chi connectivity index (χ3v) is 2.50. The molecule has 0 saturated carbocycles. The normalized spacial score (nSPS) is 10.4. The summed E-state index contributed by atoms with van der Waals surface area (Å²) in [6, 6.07) is 1.20. The molecule has 0 spiro atoms. The van der Waals surface area contributed by atoms with Crippen LogP contribution < -0.4 is 10.9 Å². The average molecular weight is 274 g/mol. The van der Waals surface area contributed by atoms with Gasteiger partial charge in [-0.1, -0.05) is 18.5 Å². The Morgan fingerprint density at radius 3 is 2.94 bits per heavy atom. The molecule has 1 amide bonds. The molecule has 1 rings (SSSR count). The lowest BCUT2D eigenvalue weighted by atomic mass is 10.4. The molecule has 0 radical (unpaired) electrons. The van der Waals surface area contributed by atoms with Crippen LogP contribution in [0.4, 0.5) is 0 Å². The first-order valence-electron chi connectivity index (χ1n) is 5.60. The number of hydrogen-bond acceptors (Lipinski definition) is 4. The standard InChI is InChI=1S/C11H16ClN3O3/c1-3-9-14-8(12)6-11(17)15(9)7-10(16)13-4-5-18-2/h6H,3-5,7H2,1-2H3,(H,13,16). The molecule has 0 bridgehead atoms. The van der Waals surface area contributed by atoms with Gasteiger partial charge in [-0.05, 0) is 0 Å². The monoisotopic (exact) mass is 273 g/mol. The number of aromatic nitrogens is 2. The molecule has 1 aromatic heterocycles. The molecular formula is C11H16ClN3O3. The number of carbonyl (C=O) groups excluding carboxylic acids is 1. The summed E-state index contributed by atoms with van der Waals surface area (Å²) in [7, 11) is 1.55. The lowest BCUT2D eigenvalue weighted by Crippen LogP contribution is -2.35. The summed E-state index contributed by atoms with van der Waals surface area (Å²) in [4.78, 5) is 27.4. The quantitative estimate of drug-likeness (QED) is 0.594. The van der Waals surface area contributed by atoms with Gasteiger partial charge in [0.2, 0.25) is 5.91 Å². The van der Waals surface area contributed by atoms with Gasteiger partial charge in [-0.2, -0.15) is 0 Å². The largest absolute Gasteiger partial charge is 0.383 e. The Labute approximate surface area is 110 Å². The molecule has 1 heterocycles. The number of methoxy groups -OCH3 is 1. The second-order valence-electron chi connectivity index (χ2n) is 3.62. The minimum Gasteiger partial charge on any atom is -0.383 e. The maximum atomic E-state index is 11.7. The van der Waals surface area contributed by atoms with Crippen LogP contribution in [0.5, 0.6) is 0 Å². The molecule has 18 heavy (non-hydrogen) atoms. The van der Waals surface area contributed by atoms with Crippen LogP contribution in [0.1, 0.15) is 12.7 Å². The van der Waals surface area contributed by atoms with Crippen molar-refractivity contribution in [3.8, 4) is 0 Å². The van der Waals surface area contributed by atoms with E-state index in [0.29, 0.717) is 25.4 Å². The summed E-state index contributed by atoms with van der Waals surface area (Å²) in [6.07, 6.45) is 0.529. The number of carbonyl (C=O) groups is 1. The number of halogens is 1. The highest BCUT2D eigenvalue weighted by Gasteiger charge is 2.10. The number of hydrogen-bond donors (Lipinski definition) is 1. The Kier molecular flexibility index (Phi) is 5.80. The number of nitrogens with one attached hydrogen (secondary N) is 1. The van der Waals surface area contributed by atoms with Crippen LogP contribution in [0.3, 0.4) is 0 Å². The Morgan fingerprint density at radius 1 is 1.61 bits per heavy atom. The zero-order valence-electron chi connectivity index (χ0n) is 10.4. The number of nitrogens with zero attached hydrogens (tertiary/aromatic N) is 2. The maximum absolute atomic E-state index is 11.7. The first kappa shape index (κ1) is 14.7. The van der Waals surface area contributed by atoms with Crippen molar-refractivity contribution >= 4 is 17.5 Å². The van der Waals surface area contributed by atoms with Crippen LogP contribution >= 0.6 is 11.6 Å². The van der Waals surface area contributed by atoms with Crippen molar-refractivity contribution in [1.82, 2.24) is 14.9 Å². The molecule has 0 aromatic carbocycles. The highest BCUT2D eigenvalue weighted by Crippen LogP contribution is 2.02. The summed E-state index contributed by atoms with van der Waals surface area (Å²) in [5.74, 6) is 0.238. The summed E-state index contributed by atoms with van der Waals surface area (Å²) < 4.78 is 6.13. The van der Waals surface area contributed by atoms with Crippen molar-refractivity contribution in [1.29, 1.82) is 0 Å². The average Bonchev–Trinajstić information content (AvgIpc) is 2.32. The number of amides is 1. The Hall–Kier alpha value is -1.40. The minimum atomic E-state index is -0.325. The molecule has 0 aliphatic carbocycles. The minimum absolute atomic E-state index is 0.0596. The van der Waals surface area contributed by atoms with Gasteiger partial charge < -0.3 is 10.1 Å². The predicted molar refractivity (Wildman–Crippen MR) is 67.8 cm³/mol. The first-order valence-corrected chi connectivity index (χ1v) is 5.98. The van der Waals surface area contributed by atoms with E-state index < -0.39 is 0 Å².